The largest absolute Gasteiger partial charge is 0.478 e. The van der Waals surface area contributed by atoms with E-state index in [1.165, 1.54) is 23.9 Å². The van der Waals surface area contributed by atoms with E-state index >= 15 is 0 Å². The Kier molecular flexibility index (Phi) is 7.22. The molecule has 3 aromatic rings. The maximum absolute atomic E-state index is 12.5. The molecule has 3 rings (SSSR count). The van der Waals surface area contributed by atoms with E-state index in [2.05, 4.69) is 10.0 Å². The SMILES string of the molecule is Cc1ccc(S(=O)(=O)Nc2ccc(SCC(=O)Nc3cc(C(=O)O)ccc3C)cc2)cc1. The van der Waals surface area contributed by atoms with Gasteiger partial charge >= 0.3 is 5.97 Å². The summed E-state index contributed by atoms with van der Waals surface area (Å²) in [5.41, 5.74) is 2.71. The summed E-state index contributed by atoms with van der Waals surface area (Å²) < 4.78 is 27.5. The Bertz CT molecular complexity index is 1240. The van der Waals surface area contributed by atoms with Crippen LogP contribution in [0, 0.1) is 13.8 Å². The summed E-state index contributed by atoms with van der Waals surface area (Å²) in [7, 11) is -3.68. The molecule has 0 spiro atoms. The van der Waals surface area contributed by atoms with Crippen LogP contribution in [-0.4, -0.2) is 31.2 Å². The highest BCUT2D eigenvalue weighted by Gasteiger charge is 2.14. The lowest BCUT2D eigenvalue weighted by molar-refractivity contribution is -0.113. The molecule has 166 valence electrons. The molecule has 0 fully saturated rings. The second kappa shape index (κ2) is 9.88. The molecule has 0 atom stereocenters. The number of carbonyl (C=O) groups excluding carboxylic acids is 1. The van der Waals surface area contributed by atoms with E-state index in [-0.39, 0.29) is 22.1 Å². The molecule has 0 aliphatic rings. The highest BCUT2D eigenvalue weighted by molar-refractivity contribution is 8.00. The summed E-state index contributed by atoms with van der Waals surface area (Å²) in [6, 6.07) is 17.8. The Morgan fingerprint density at radius 3 is 2.22 bits per heavy atom. The lowest BCUT2D eigenvalue weighted by Gasteiger charge is -2.10. The van der Waals surface area contributed by atoms with Gasteiger partial charge in [-0.25, -0.2) is 13.2 Å². The van der Waals surface area contributed by atoms with Gasteiger partial charge in [-0.3, -0.25) is 9.52 Å². The van der Waals surface area contributed by atoms with Crippen LogP contribution in [0.3, 0.4) is 0 Å². The molecule has 0 heterocycles. The number of carbonyl (C=O) groups is 2. The van der Waals surface area contributed by atoms with Crippen LogP contribution in [-0.2, 0) is 14.8 Å². The molecular weight excluding hydrogens is 448 g/mol. The number of anilines is 2. The fourth-order valence-electron chi connectivity index (χ4n) is 2.78. The number of aromatic carboxylic acids is 1. The first-order chi connectivity index (χ1) is 15.1. The van der Waals surface area contributed by atoms with E-state index in [9.17, 15) is 18.0 Å². The summed E-state index contributed by atoms with van der Waals surface area (Å²) in [6.45, 7) is 3.67. The summed E-state index contributed by atoms with van der Waals surface area (Å²) in [6.07, 6.45) is 0. The van der Waals surface area contributed by atoms with Crippen LogP contribution in [0.15, 0.2) is 76.5 Å². The molecule has 3 N–H and O–H groups in total. The topological polar surface area (TPSA) is 113 Å². The van der Waals surface area contributed by atoms with Gasteiger partial charge in [0.2, 0.25) is 5.91 Å². The highest BCUT2D eigenvalue weighted by atomic mass is 32.2. The first kappa shape index (κ1) is 23.4. The van der Waals surface area contributed by atoms with Gasteiger partial charge in [0, 0.05) is 16.3 Å². The third-order valence-electron chi connectivity index (χ3n) is 4.57. The smallest absolute Gasteiger partial charge is 0.335 e. The molecule has 0 bridgehead atoms. The van der Waals surface area contributed by atoms with Crippen LogP contribution in [0.4, 0.5) is 11.4 Å². The van der Waals surface area contributed by atoms with Crippen LogP contribution >= 0.6 is 11.8 Å². The molecular formula is C23H22N2O5S2. The molecule has 1 amide bonds. The van der Waals surface area contributed by atoms with Crippen LogP contribution < -0.4 is 10.0 Å². The van der Waals surface area contributed by atoms with Crippen LogP contribution in [0.2, 0.25) is 0 Å². The summed E-state index contributed by atoms with van der Waals surface area (Å²) in [4.78, 5) is 24.4. The number of nitrogens with one attached hydrogen (secondary N) is 2. The Morgan fingerprint density at radius 1 is 0.938 bits per heavy atom. The molecule has 0 aliphatic carbocycles. The van der Waals surface area contributed by atoms with Gasteiger partial charge in [0.1, 0.15) is 0 Å². The van der Waals surface area contributed by atoms with Crippen molar-refractivity contribution in [3.63, 3.8) is 0 Å². The van der Waals surface area contributed by atoms with E-state index in [0.717, 1.165) is 16.0 Å². The number of carboxylic acid groups (broad SMARTS) is 1. The standard InChI is InChI=1S/C23H22N2O5S2/c1-15-3-11-20(12-4-15)32(29,30)25-18-7-9-19(10-8-18)31-14-22(26)24-21-13-17(23(27)28)6-5-16(21)2/h3-13,25H,14H2,1-2H3,(H,24,26)(H,27,28). The average molecular weight is 471 g/mol. The molecule has 9 heteroatoms. The van der Waals surface area contributed by atoms with E-state index < -0.39 is 16.0 Å². The van der Waals surface area contributed by atoms with Crippen molar-refractivity contribution in [1.82, 2.24) is 0 Å². The Balaban J connectivity index is 1.58. The Hall–Kier alpha value is -3.30. The van der Waals surface area contributed by atoms with Crippen molar-refractivity contribution in [2.24, 2.45) is 0 Å². The van der Waals surface area contributed by atoms with Crippen molar-refractivity contribution >= 4 is 45.0 Å². The van der Waals surface area contributed by atoms with E-state index in [1.807, 2.05) is 6.92 Å². The van der Waals surface area contributed by atoms with Crippen LogP contribution in [0.25, 0.3) is 0 Å². The molecule has 7 nitrogen and oxygen atoms in total. The maximum atomic E-state index is 12.5. The fraction of sp³-hybridized carbons (Fsp3) is 0.130. The number of aryl methyl sites for hydroxylation is 2. The molecule has 0 aliphatic heterocycles. The Labute approximate surface area is 190 Å². The molecule has 3 aromatic carbocycles. The summed E-state index contributed by atoms with van der Waals surface area (Å²) in [5.74, 6) is -1.22. The molecule has 0 aromatic heterocycles. The van der Waals surface area contributed by atoms with Gasteiger partial charge < -0.3 is 10.4 Å². The Morgan fingerprint density at radius 2 is 1.59 bits per heavy atom. The van der Waals surface area contributed by atoms with Crippen LogP contribution in [0.5, 0.6) is 0 Å². The predicted molar refractivity (Wildman–Crippen MR) is 126 cm³/mol. The zero-order valence-electron chi connectivity index (χ0n) is 17.5. The van der Waals surface area contributed by atoms with Gasteiger partial charge in [-0.1, -0.05) is 23.8 Å². The minimum atomic E-state index is -3.68. The summed E-state index contributed by atoms with van der Waals surface area (Å²) in [5, 5.41) is 11.8. The minimum Gasteiger partial charge on any atom is -0.478 e. The van der Waals surface area contributed by atoms with E-state index in [4.69, 9.17) is 5.11 Å². The second-order valence-corrected chi connectivity index (χ2v) is 9.85. The second-order valence-electron chi connectivity index (χ2n) is 7.11. The third kappa shape index (κ3) is 6.12. The van der Waals surface area contributed by atoms with E-state index in [0.29, 0.717) is 11.4 Å². The van der Waals surface area contributed by atoms with Crippen molar-refractivity contribution in [3.05, 3.63) is 83.4 Å². The normalized spacial score (nSPS) is 11.1. The molecule has 0 unspecified atom stereocenters. The van der Waals surface area contributed by atoms with Crippen molar-refractivity contribution < 1.29 is 23.1 Å². The van der Waals surface area contributed by atoms with Crippen molar-refractivity contribution in [2.75, 3.05) is 15.8 Å². The van der Waals surface area contributed by atoms with Crippen LogP contribution in [0.1, 0.15) is 21.5 Å². The van der Waals surface area contributed by atoms with Gasteiger partial charge in [0.25, 0.3) is 10.0 Å². The number of rotatable bonds is 8. The van der Waals surface area contributed by atoms with Gasteiger partial charge in [-0.15, -0.1) is 11.8 Å². The highest BCUT2D eigenvalue weighted by Crippen LogP contribution is 2.23. The number of benzene rings is 3. The number of sulfonamides is 1. The monoisotopic (exact) mass is 470 g/mol. The summed E-state index contributed by atoms with van der Waals surface area (Å²) >= 11 is 1.28. The maximum Gasteiger partial charge on any atom is 0.335 e. The molecule has 0 saturated carbocycles. The predicted octanol–water partition coefficient (Wildman–Crippen LogP) is 4.53. The number of amides is 1. The van der Waals surface area contributed by atoms with Gasteiger partial charge in [-0.2, -0.15) is 0 Å². The van der Waals surface area contributed by atoms with Gasteiger partial charge in [0.15, 0.2) is 0 Å². The fourth-order valence-corrected chi connectivity index (χ4v) is 4.53. The zero-order chi connectivity index (χ0) is 23.3. The number of hydrogen-bond acceptors (Lipinski definition) is 5. The van der Waals surface area contributed by atoms with Gasteiger partial charge in [0.05, 0.1) is 16.2 Å². The lowest BCUT2D eigenvalue weighted by Crippen LogP contribution is -2.15. The average Bonchev–Trinajstić information content (AvgIpc) is 2.74. The lowest BCUT2D eigenvalue weighted by atomic mass is 10.1. The van der Waals surface area contributed by atoms with Crippen molar-refractivity contribution in [2.45, 2.75) is 23.6 Å². The number of hydrogen-bond donors (Lipinski definition) is 3. The first-order valence-corrected chi connectivity index (χ1v) is 12.1. The zero-order valence-corrected chi connectivity index (χ0v) is 19.1. The van der Waals surface area contributed by atoms with Gasteiger partial charge in [-0.05, 0) is 67.9 Å². The number of thioether (sulfide) groups is 1. The first-order valence-electron chi connectivity index (χ1n) is 9.60. The molecule has 0 radical (unpaired) electrons. The van der Waals surface area contributed by atoms with Crippen molar-refractivity contribution in [1.29, 1.82) is 0 Å². The number of carboxylic acids is 1. The van der Waals surface area contributed by atoms with Crippen molar-refractivity contribution in [3.8, 4) is 0 Å². The quantitative estimate of drug-likeness (QED) is 0.417. The molecule has 0 saturated heterocycles. The van der Waals surface area contributed by atoms with E-state index in [1.54, 1.807) is 61.5 Å². The minimum absolute atomic E-state index is 0.0993. The third-order valence-corrected chi connectivity index (χ3v) is 6.98. The molecule has 32 heavy (non-hydrogen) atoms.